The second kappa shape index (κ2) is 37.2. The smallest absolute Gasteiger partial charge is 0.275 e. The summed E-state index contributed by atoms with van der Waals surface area (Å²) in [6, 6.07) is 110. The van der Waals surface area contributed by atoms with Crippen LogP contribution in [0.15, 0.2) is 338 Å². The first-order valence-electron chi connectivity index (χ1n) is 52.4. The van der Waals surface area contributed by atoms with Gasteiger partial charge < -0.3 is 83.1 Å². The third-order valence-corrected chi connectivity index (χ3v) is 42.8. The Morgan fingerprint density at radius 2 is 0.644 bits per heavy atom. The van der Waals surface area contributed by atoms with Crippen molar-refractivity contribution in [2.45, 2.75) is 166 Å². The van der Waals surface area contributed by atoms with Gasteiger partial charge in [0.25, 0.3) is 46.2 Å². The van der Waals surface area contributed by atoms with Crippen molar-refractivity contribution in [3.8, 4) is 0 Å². The molecule has 12 aliphatic heterocycles. The van der Waals surface area contributed by atoms with Crippen LogP contribution in [0.4, 0.5) is 22.7 Å². The molecule has 0 bridgehead atoms. The quantitative estimate of drug-likeness (QED) is 0.0200. The molecule has 8 N–H and O–H groups in total. The number of nitrogens with zero attached hydrogens (tertiary/aromatic N) is 8. The van der Waals surface area contributed by atoms with Crippen LogP contribution in [0.3, 0.4) is 0 Å². The van der Waals surface area contributed by atoms with Crippen molar-refractivity contribution >= 4 is 156 Å². The first-order chi connectivity index (χ1) is 72.6. The third kappa shape index (κ3) is 14.8. The summed E-state index contributed by atoms with van der Waals surface area (Å²) < 4.78 is 24.0. The largest absolute Gasteiger partial charge is 0.407 e. The second-order valence-electron chi connectivity index (χ2n) is 42.8. The Labute approximate surface area is 866 Å². The SMILES string of the molecule is CC(C)(C)[Si](OCCCn1c2c(c3ccccc31)C1=C(C(=O)NC1O)N1c3ccccc3CC21)(c1ccccc1)c1ccccc1.CC(C)(C)[Si](OCCCn1c2c(c3ccccc31)C1=C(C(O)NC1=O)N1c3ccccc3CC21)(c1ccccc1)c1ccccc1.O=C1NC(=O)C2=C1c1c(n(CCCO)c3ccccc13)C1Cc3ccccc3N21.O=C1NCC2=C1N1c3ccccc3CC1c1c2c2ccccc2n1CCCO. The Balaban J connectivity index is 0.000000105. The van der Waals surface area contributed by atoms with Crippen LogP contribution in [0, 0.1) is 0 Å². The van der Waals surface area contributed by atoms with E-state index in [2.05, 4.69) is 338 Å². The van der Waals surface area contributed by atoms with Gasteiger partial charge in [0, 0.05) is 196 Å². The molecular formula is C124H118N12O11Si2. The van der Waals surface area contributed by atoms with Gasteiger partial charge in [0.2, 0.25) is 0 Å². The molecule has 6 unspecified atom stereocenters. The van der Waals surface area contributed by atoms with Crippen LogP contribution < -0.4 is 61.6 Å². The average molecular weight is 2010 g/mol. The second-order valence-corrected chi connectivity index (χ2v) is 51.4. The molecule has 0 saturated heterocycles. The Kier molecular flexibility index (Phi) is 23.6. The van der Waals surface area contributed by atoms with Gasteiger partial charge in [0.1, 0.15) is 17.1 Å². The summed E-state index contributed by atoms with van der Waals surface area (Å²) in [4.78, 5) is 74.1. The summed E-state index contributed by atoms with van der Waals surface area (Å²) in [5.41, 5.74) is 27.6. The number of rotatable bonds is 20. The molecule has 16 heterocycles. The van der Waals surface area contributed by atoms with Crippen LogP contribution in [0.2, 0.25) is 10.1 Å². The monoisotopic (exact) mass is 2010 g/mol. The summed E-state index contributed by atoms with van der Waals surface area (Å²) in [5.74, 6) is -1.08. The molecule has 12 aromatic carbocycles. The van der Waals surface area contributed by atoms with Crippen LogP contribution in [-0.2, 0) is 84.7 Å². The van der Waals surface area contributed by atoms with Gasteiger partial charge in [-0.25, -0.2) is 0 Å². The normalized spacial score (nSPS) is 19.0. The van der Waals surface area contributed by atoms with Crippen LogP contribution in [0.1, 0.15) is 159 Å². The fourth-order valence-corrected chi connectivity index (χ4v) is 36.3. The number of aromatic nitrogens is 4. The first-order valence-corrected chi connectivity index (χ1v) is 56.2. The molecule has 0 radical (unpaired) electrons. The molecule has 0 saturated carbocycles. The lowest BCUT2D eigenvalue weighted by Gasteiger charge is -2.43. The van der Waals surface area contributed by atoms with Crippen molar-refractivity contribution < 1.29 is 53.3 Å². The predicted octanol–water partition coefficient (Wildman–Crippen LogP) is 17.3. The maximum absolute atomic E-state index is 13.5. The summed E-state index contributed by atoms with van der Waals surface area (Å²) in [6.45, 7) is 18.9. The molecule has 12 aliphatic rings. The van der Waals surface area contributed by atoms with Gasteiger partial charge >= 0.3 is 0 Å². The zero-order valence-electron chi connectivity index (χ0n) is 84.2. The number of hydrogen-bond donors (Lipinski definition) is 8. The van der Waals surface area contributed by atoms with Gasteiger partial charge in [-0.1, -0.05) is 308 Å². The van der Waals surface area contributed by atoms with Gasteiger partial charge in [-0.05, 0) is 127 Å². The van der Waals surface area contributed by atoms with E-state index in [0.717, 1.165) is 159 Å². The van der Waals surface area contributed by atoms with E-state index in [4.69, 9.17) is 8.85 Å². The molecule has 23 nitrogen and oxygen atoms in total. The van der Waals surface area contributed by atoms with E-state index in [0.29, 0.717) is 73.0 Å². The lowest BCUT2D eigenvalue weighted by Crippen LogP contribution is -2.66. The minimum atomic E-state index is -2.66. The number of carbonyl (C=O) groups is 5. The highest BCUT2D eigenvalue weighted by Crippen LogP contribution is 2.60. The summed E-state index contributed by atoms with van der Waals surface area (Å²) in [7, 11) is -5.31. The number of para-hydroxylation sites is 8. The Bertz CT molecular complexity index is 8230. The fraction of sp³-hybridized carbons (Fsp3) is 0.250. The number of anilines is 4. The highest BCUT2D eigenvalue weighted by atomic mass is 28.4. The minimum Gasteiger partial charge on any atom is -0.407 e. The molecule has 25 heteroatoms. The van der Waals surface area contributed by atoms with E-state index in [1.807, 2.05) is 77.7 Å². The average Bonchev–Trinajstić information content (AvgIpc) is 1.54. The molecule has 5 amide bonds. The molecule has 0 fully saturated rings. The van der Waals surface area contributed by atoms with Crippen molar-refractivity contribution in [3.05, 3.63) is 406 Å². The fourth-order valence-electron chi connectivity index (χ4n) is 27.1. The molecule has 28 rings (SSSR count). The van der Waals surface area contributed by atoms with Gasteiger partial charge in [0.05, 0.1) is 52.4 Å². The number of nitrogens with one attached hydrogen (secondary N) is 4. The molecule has 16 aromatic rings. The van der Waals surface area contributed by atoms with Crippen molar-refractivity contribution in [1.29, 1.82) is 0 Å². The van der Waals surface area contributed by atoms with Crippen molar-refractivity contribution in [3.63, 3.8) is 0 Å². The van der Waals surface area contributed by atoms with Crippen LogP contribution in [-0.4, -0.2) is 130 Å². The number of aliphatic hydroxyl groups is 4. The molecule has 0 aliphatic carbocycles. The van der Waals surface area contributed by atoms with Gasteiger partial charge in [-0.2, -0.15) is 0 Å². The van der Waals surface area contributed by atoms with E-state index in [1.54, 1.807) is 0 Å². The number of benzene rings is 12. The standard InChI is InChI=1S/2C39H39N3O3Si.C23H19N3O3.C23H21N3O2/c2*1-39(2,3)46(27-16-6-4-7-17-27,28-18-8-5-9-19-28)45-24-14-23-41-31-22-13-11-20-29(31)33-34-36(38(44)40-37(34)43)42-30-21-12-10-15-26(30)25-32(42)35(33)41;27-11-5-10-25-16-9-4-2-7-14(16)18-19-21(23(29)24-22(19)28)26-15-8-3-1-6-13(15)12-17(26)20(18)25;27-11-5-10-25-18-9-4-2-7-15(18)20-16-13-24-23(28)21(16)26-17-8-3-1-6-14(17)12-19(26)22(20)25/h4-13,15-22,32,38,44H,14,23-25H2,1-3H3,(H,40,43);4-13,15-22,32,37,43H,14,23-25H2,1-3H3,(H,40,44);1-4,6-9,17,27H,5,10-12H2,(H,24,28,29);1-4,6-9,19,27H,5,10-13H2,(H,24,28). The highest BCUT2D eigenvalue weighted by Gasteiger charge is 2.57. The van der Waals surface area contributed by atoms with E-state index in [-0.39, 0.29) is 77.0 Å². The predicted molar refractivity (Wildman–Crippen MR) is 591 cm³/mol. The van der Waals surface area contributed by atoms with Gasteiger partial charge in [-0.3, -0.25) is 29.3 Å². The summed E-state index contributed by atoms with van der Waals surface area (Å²) in [5, 5.41) is 61.7. The maximum Gasteiger partial charge on any atom is 0.275 e. The molecular weight excluding hydrogens is 1890 g/mol. The topological polar surface area (TPSA) is 266 Å². The number of carbonyl (C=O) groups excluding carboxylic acids is 5. The Hall–Kier alpha value is -15.3. The number of imide groups is 1. The molecule has 4 aromatic heterocycles. The number of aryl methyl sites for hydroxylation is 4. The van der Waals surface area contributed by atoms with Crippen molar-refractivity contribution in [1.82, 2.24) is 39.5 Å². The molecule has 149 heavy (non-hydrogen) atoms. The Morgan fingerprint density at radius 3 is 1.05 bits per heavy atom. The van der Waals surface area contributed by atoms with Gasteiger partial charge in [-0.15, -0.1) is 0 Å². The molecule has 0 spiro atoms. The molecule has 6 atom stereocenters. The van der Waals surface area contributed by atoms with E-state index in [9.17, 15) is 44.4 Å². The first kappa shape index (κ1) is 94.7. The van der Waals surface area contributed by atoms with Gasteiger partial charge in [0.15, 0.2) is 12.5 Å². The zero-order chi connectivity index (χ0) is 102. The zero-order valence-corrected chi connectivity index (χ0v) is 86.2. The van der Waals surface area contributed by atoms with E-state index >= 15 is 0 Å². The lowest BCUT2D eigenvalue weighted by molar-refractivity contribution is -0.124. The number of aliphatic hydroxyl groups excluding tert-OH is 4. The van der Waals surface area contributed by atoms with Crippen LogP contribution >= 0.6 is 0 Å². The Morgan fingerprint density at radius 1 is 0.322 bits per heavy atom. The number of fused-ring (bicyclic) bond motifs is 36. The molecule has 748 valence electrons. The third-order valence-electron chi connectivity index (χ3n) is 32.7. The van der Waals surface area contributed by atoms with Crippen molar-refractivity contribution in [2.75, 3.05) is 52.6 Å². The van der Waals surface area contributed by atoms with Crippen molar-refractivity contribution in [2.24, 2.45) is 0 Å². The summed E-state index contributed by atoms with van der Waals surface area (Å²) in [6.07, 6.45) is 4.18. The van der Waals surface area contributed by atoms with E-state index < -0.39 is 29.1 Å². The van der Waals surface area contributed by atoms with E-state index in [1.165, 1.54) is 65.2 Å². The highest BCUT2D eigenvalue weighted by molar-refractivity contribution is 7.00. The van der Waals surface area contributed by atoms with Crippen LogP contribution in [0.25, 0.3) is 65.9 Å². The lowest BCUT2D eigenvalue weighted by atomic mass is 9.91. The summed E-state index contributed by atoms with van der Waals surface area (Å²) >= 11 is 0. The maximum atomic E-state index is 13.5. The number of amides is 5. The minimum absolute atomic E-state index is 0.0153. The van der Waals surface area contributed by atoms with Crippen LogP contribution in [0.5, 0.6) is 0 Å². The number of hydrogen-bond acceptors (Lipinski definition) is 15.